The summed E-state index contributed by atoms with van der Waals surface area (Å²) < 4.78 is 35.8. The molecule has 7 heteroatoms. The third-order valence-corrected chi connectivity index (χ3v) is 5.87. The molecule has 0 aromatic heterocycles. The molecule has 0 unspecified atom stereocenters. The van der Waals surface area contributed by atoms with E-state index in [0.717, 1.165) is 37.0 Å². The summed E-state index contributed by atoms with van der Waals surface area (Å²) in [4.78, 5) is 15.6. The lowest BCUT2D eigenvalue weighted by atomic mass is 10.1. The zero-order valence-electron chi connectivity index (χ0n) is 15.3. The highest BCUT2D eigenvalue weighted by Crippen LogP contribution is 2.34. The van der Waals surface area contributed by atoms with Gasteiger partial charge in [-0.1, -0.05) is 30.7 Å². The van der Waals surface area contributed by atoms with Crippen molar-refractivity contribution in [1.29, 1.82) is 0 Å². The first-order chi connectivity index (χ1) is 13.6. The maximum atomic E-state index is 13.2. The zero-order valence-corrected chi connectivity index (χ0v) is 16.1. The molecule has 1 heterocycles. The van der Waals surface area contributed by atoms with E-state index >= 15 is 0 Å². The summed E-state index contributed by atoms with van der Waals surface area (Å²) >= 11 is 0.483. The van der Waals surface area contributed by atoms with Crippen LogP contribution in [-0.2, 0) is 6.54 Å². The monoisotopic (exact) mass is 405 g/mol. The molecule has 4 nitrogen and oxygen atoms in total. The largest absolute Gasteiger partial charge is 0.454 e. The van der Waals surface area contributed by atoms with Gasteiger partial charge in [-0.3, -0.25) is 4.79 Å². The maximum absolute atomic E-state index is 13.2. The third kappa shape index (κ3) is 4.24. The smallest absolute Gasteiger partial charge is 0.288 e. The fourth-order valence-corrected chi connectivity index (χ4v) is 4.26. The Morgan fingerprint density at radius 1 is 1.07 bits per heavy atom. The highest BCUT2D eigenvalue weighted by molar-refractivity contribution is 7.99. The van der Waals surface area contributed by atoms with Crippen LogP contribution in [0.2, 0.25) is 0 Å². The van der Waals surface area contributed by atoms with E-state index in [9.17, 15) is 13.6 Å². The van der Waals surface area contributed by atoms with Crippen LogP contribution in [0.5, 0.6) is 11.5 Å². The standard InChI is InChI=1S/C21H21F2NO3S/c22-21(23)28-17-8-6-15(7-9-17)20(25)24(16-3-1-2-4-16)12-14-5-10-18-19(11-14)27-13-26-18/h5-11,16,21H,1-4,12-13H2. The van der Waals surface area contributed by atoms with Crippen molar-refractivity contribution >= 4 is 17.7 Å². The summed E-state index contributed by atoms with van der Waals surface area (Å²) in [6, 6.07) is 12.3. The second-order valence-electron chi connectivity index (χ2n) is 6.96. The molecule has 4 rings (SSSR count). The summed E-state index contributed by atoms with van der Waals surface area (Å²) in [5, 5.41) is 0. The SMILES string of the molecule is O=C(c1ccc(SC(F)F)cc1)N(Cc1ccc2c(c1)OCO2)C1CCCC1. The lowest BCUT2D eigenvalue weighted by molar-refractivity contribution is 0.0664. The van der Waals surface area contributed by atoms with Crippen molar-refractivity contribution in [2.24, 2.45) is 0 Å². The highest BCUT2D eigenvalue weighted by Gasteiger charge is 2.28. The topological polar surface area (TPSA) is 38.8 Å². The number of hydrogen-bond acceptors (Lipinski definition) is 4. The van der Waals surface area contributed by atoms with Crippen LogP contribution in [0.25, 0.3) is 0 Å². The number of halogens is 2. The molecule has 1 saturated carbocycles. The van der Waals surface area contributed by atoms with Gasteiger partial charge >= 0.3 is 0 Å². The van der Waals surface area contributed by atoms with Crippen LogP contribution < -0.4 is 9.47 Å². The molecule has 1 aliphatic heterocycles. The Balaban J connectivity index is 1.54. The van der Waals surface area contributed by atoms with Crippen LogP contribution >= 0.6 is 11.8 Å². The van der Waals surface area contributed by atoms with Gasteiger partial charge in [0, 0.05) is 23.0 Å². The molecule has 2 aromatic carbocycles. The van der Waals surface area contributed by atoms with Gasteiger partial charge in [0.15, 0.2) is 11.5 Å². The van der Waals surface area contributed by atoms with Crippen molar-refractivity contribution < 1.29 is 23.0 Å². The number of thioether (sulfide) groups is 1. The van der Waals surface area contributed by atoms with Gasteiger partial charge in [-0.2, -0.15) is 8.78 Å². The van der Waals surface area contributed by atoms with Crippen LogP contribution in [0, 0.1) is 0 Å². The van der Waals surface area contributed by atoms with Crippen molar-refractivity contribution in [3.05, 3.63) is 53.6 Å². The van der Waals surface area contributed by atoms with Gasteiger partial charge in [-0.15, -0.1) is 0 Å². The maximum Gasteiger partial charge on any atom is 0.288 e. The Kier molecular flexibility index (Phi) is 5.71. The minimum atomic E-state index is -2.47. The quantitative estimate of drug-likeness (QED) is 0.610. The van der Waals surface area contributed by atoms with Gasteiger partial charge in [-0.25, -0.2) is 0 Å². The van der Waals surface area contributed by atoms with Gasteiger partial charge in [-0.05, 0) is 54.8 Å². The Morgan fingerprint density at radius 2 is 1.79 bits per heavy atom. The first kappa shape index (κ1) is 19.1. The third-order valence-electron chi connectivity index (χ3n) is 5.14. The van der Waals surface area contributed by atoms with E-state index in [1.807, 2.05) is 23.1 Å². The molecule has 0 bridgehead atoms. The molecule has 0 spiro atoms. The number of hydrogen-bond donors (Lipinski definition) is 0. The number of fused-ring (bicyclic) bond motifs is 1. The van der Waals surface area contributed by atoms with E-state index in [-0.39, 0.29) is 18.7 Å². The lowest BCUT2D eigenvalue weighted by Crippen LogP contribution is -2.38. The summed E-state index contributed by atoms with van der Waals surface area (Å²) in [6.07, 6.45) is 4.18. The van der Waals surface area contributed by atoms with Crippen molar-refractivity contribution in [1.82, 2.24) is 4.90 Å². The van der Waals surface area contributed by atoms with E-state index in [4.69, 9.17) is 9.47 Å². The second kappa shape index (κ2) is 8.39. The Morgan fingerprint density at radius 3 is 2.50 bits per heavy atom. The van der Waals surface area contributed by atoms with Crippen molar-refractivity contribution in [2.75, 3.05) is 6.79 Å². The summed E-state index contributed by atoms with van der Waals surface area (Å²) in [7, 11) is 0. The molecule has 0 N–H and O–H groups in total. The molecule has 1 aliphatic carbocycles. The van der Waals surface area contributed by atoms with E-state index in [0.29, 0.717) is 34.5 Å². The first-order valence-corrected chi connectivity index (χ1v) is 10.2. The van der Waals surface area contributed by atoms with Gasteiger partial charge in [0.25, 0.3) is 11.7 Å². The number of ether oxygens (including phenoxy) is 2. The summed E-state index contributed by atoms with van der Waals surface area (Å²) in [6.45, 7) is 0.695. The van der Waals surface area contributed by atoms with Crippen molar-refractivity contribution in [3.8, 4) is 11.5 Å². The molecule has 2 aromatic rings. The molecule has 0 radical (unpaired) electrons. The Bertz CT molecular complexity index is 838. The van der Waals surface area contributed by atoms with Gasteiger partial charge in [0.2, 0.25) is 6.79 Å². The number of carbonyl (C=O) groups excluding carboxylic acids is 1. The molecule has 1 fully saturated rings. The summed E-state index contributed by atoms with van der Waals surface area (Å²) in [5.41, 5.74) is 1.50. The summed E-state index contributed by atoms with van der Waals surface area (Å²) in [5.74, 6) is -1.12. The number of carbonyl (C=O) groups is 1. The minimum absolute atomic E-state index is 0.0711. The van der Waals surface area contributed by atoms with E-state index in [1.165, 1.54) is 0 Å². The lowest BCUT2D eigenvalue weighted by Gasteiger charge is -2.29. The highest BCUT2D eigenvalue weighted by atomic mass is 32.2. The average Bonchev–Trinajstić information content (AvgIpc) is 3.37. The molecular formula is C21H21F2NO3S. The van der Waals surface area contributed by atoms with Crippen LogP contribution in [0.4, 0.5) is 8.78 Å². The van der Waals surface area contributed by atoms with Crippen LogP contribution in [0.1, 0.15) is 41.6 Å². The molecule has 0 atom stereocenters. The molecule has 1 amide bonds. The van der Waals surface area contributed by atoms with Crippen molar-refractivity contribution in [2.45, 2.75) is 48.9 Å². The van der Waals surface area contributed by atoms with E-state index in [2.05, 4.69) is 0 Å². The van der Waals surface area contributed by atoms with Crippen LogP contribution in [0.15, 0.2) is 47.4 Å². The van der Waals surface area contributed by atoms with Gasteiger partial charge < -0.3 is 14.4 Å². The molecular weight excluding hydrogens is 384 g/mol. The van der Waals surface area contributed by atoms with Gasteiger partial charge in [0.05, 0.1) is 0 Å². The average molecular weight is 405 g/mol. The number of nitrogens with zero attached hydrogens (tertiary/aromatic N) is 1. The first-order valence-electron chi connectivity index (χ1n) is 9.34. The fraction of sp³-hybridized carbons (Fsp3) is 0.381. The Labute approximate surface area is 166 Å². The molecule has 0 saturated heterocycles. The van der Waals surface area contributed by atoms with Crippen LogP contribution in [-0.4, -0.2) is 29.4 Å². The number of benzene rings is 2. The Hall–Kier alpha value is -2.28. The minimum Gasteiger partial charge on any atom is -0.454 e. The molecule has 28 heavy (non-hydrogen) atoms. The van der Waals surface area contributed by atoms with Gasteiger partial charge in [0.1, 0.15) is 0 Å². The number of alkyl halides is 2. The van der Waals surface area contributed by atoms with Crippen molar-refractivity contribution in [3.63, 3.8) is 0 Å². The van der Waals surface area contributed by atoms with E-state index in [1.54, 1.807) is 24.3 Å². The predicted molar refractivity (Wildman–Crippen MR) is 103 cm³/mol. The molecule has 148 valence electrons. The van der Waals surface area contributed by atoms with Crippen LogP contribution in [0.3, 0.4) is 0 Å². The number of amides is 1. The fourth-order valence-electron chi connectivity index (χ4n) is 3.76. The molecule has 2 aliphatic rings. The predicted octanol–water partition coefficient (Wildman–Crippen LogP) is 5.32. The zero-order chi connectivity index (χ0) is 19.5. The second-order valence-corrected chi connectivity index (χ2v) is 8.03. The van der Waals surface area contributed by atoms with E-state index < -0.39 is 5.76 Å². The number of rotatable bonds is 6. The normalized spacial score (nSPS) is 16.0.